The van der Waals surface area contributed by atoms with Gasteiger partial charge in [0, 0.05) is 16.3 Å². The Kier molecular flexibility index (Phi) is 5.68. The standard InChI is InChI=1S/C23H21N3O3S/c1-15-16(2)26(17-6-4-3-5-7-17)23(19(15)13-24)25-22(27)14-30-18-8-9-20-21(12-18)29-11-10-28-20/h3-9,12H,10-11,14H2,1-2H3,(H,25,27). The van der Waals surface area contributed by atoms with Gasteiger partial charge in [0.2, 0.25) is 5.91 Å². The van der Waals surface area contributed by atoms with Crippen molar-refractivity contribution in [1.82, 2.24) is 4.57 Å². The van der Waals surface area contributed by atoms with Crippen LogP contribution in [0.15, 0.2) is 53.4 Å². The number of nitrogens with one attached hydrogen (secondary N) is 1. The zero-order valence-electron chi connectivity index (χ0n) is 16.8. The summed E-state index contributed by atoms with van der Waals surface area (Å²) < 4.78 is 13.0. The Morgan fingerprint density at radius 3 is 2.60 bits per heavy atom. The van der Waals surface area contributed by atoms with Crippen LogP contribution in [0, 0.1) is 25.2 Å². The second-order valence-electron chi connectivity index (χ2n) is 6.86. The quantitative estimate of drug-likeness (QED) is 0.618. The first-order valence-corrected chi connectivity index (χ1v) is 10.6. The van der Waals surface area contributed by atoms with Crippen molar-refractivity contribution in [3.05, 3.63) is 65.4 Å². The number of amides is 1. The fourth-order valence-electron chi connectivity index (χ4n) is 3.39. The van der Waals surface area contributed by atoms with Crippen molar-refractivity contribution in [2.45, 2.75) is 18.7 Å². The van der Waals surface area contributed by atoms with Crippen molar-refractivity contribution in [2.75, 3.05) is 24.3 Å². The molecule has 30 heavy (non-hydrogen) atoms. The van der Waals surface area contributed by atoms with E-state index < -0.39 is 0 Å². The molecule has 0 unspecified atom stereocenters. The number of ether oxygens (including phenoxy) is 2. The van der Waals surface area contributed by atoms with E-state index in [2.05, 4.69) is 11.4 Å². The summed E-state index contributed by atoms with van der Waals surface area (Å²) in [7, 11) is 0. The fraction of sp³-hybridized carbons (Fsp3) is 0.217. The number of aromatic nitrogens is 1. The van der Waals surface area contributed by atoms with Gasteiger partial charge in [0.25, 0.3) is 0 Å². The highest BCUT2D eigenvalue weighted by Gasteiger charge is 2.21. The first kappa shape index (κ1) is 19.9. The first-order valence-electron chi connectivity index (χ1n) is 9.58. The largest absolute Gasteiger partial charge is 0.486 e. The maximum Gasteiger partial charge on any atom is 0.235 e. The molecule has 2 aromatic carbocycles. The van der Waals surface area contributed by atoms with E-state index in [9.17, 15) is 10.1 Å². The van der Waals surface area contributed by atoms with Gasteiger partial charge in [-0.2, -0.15) is 5.26 Å². The second-order valence-corrected chi connectivity index (χ2v) is 7.91. The molecule has 0 aliphatic carbocycles. The first-order chi connectivity index (χ1) is 14.6. The van der Waals surface area contributed by atoms with E-state index in [1.54, 1.807) is 0 Å². The van der Waals surface area contributed by atoms with E-state index >= 15 is 0 Å². The molecule has 0 fully saturated rings. The van der Waals surface area contributed by atoms with E-state index in [1.165, 1.54) is 11.8 Å². The highest BCUT2D eigenvalue weighted by atomic mass is 32.2. The molecule has 1 aromatic heterocycles. The van der Waals surface area contributed by atoms with Crippen molar-refractivity contribution in [2.24, 2.45) is 0 Å². The molecule has 1 aliphatic heterocycles. The van der Waals surface area contributed by atoms with Crippen LogP contribution in [-0.4, -0.2) is 29.4 Å². The maximum atomic E-state index is 12.7. The van der Waals surface area contributed by atoms with Gasteiger partial charge in [0.05, 0.1) is 11.3 Å². The predicted octanol–water partition coefficient (Wildman–Crippen LogP) is 4.47. The van der Waals surface area contributed by atoms with Gasteiger partial charge in [-0.05, 0) is 49.7 Å². The molecule has 7 heteroatoms. The van der Waals surface area contributed by atoms with Crippen molar-refractivity contribution >= 4 is 23.5 Å². The number of thioether (sulfide) groups is 1. The summed E-state index contributed by atoms with van der Waals surface area (Å²) in [4.78, 5) is 13.7. The highest BCUT2D eigenvalue weighted by Crippen LogP contribution is 2.34. The van der Waals surface area contributed by atoms with Gasteiger partial charge in [-0.25, -0.2) is 0 Å². The van der Waals surface area contributed by atoms with E-state index in [0.717, 1.165) is 27.6 Å². The van der Waals surface area contributed by atoms with Crippen LogP contribution in [0.5, 0.6) is 11.5 Å². The summed E-state index contributed by atoms with van der Waals surface area (Å²) in [6.45, 7) is 4.91. The lowest BCUT2D eigenvalue weighted by Gasteiger charge is -2.18. The summed E-state index contributed by atoms with van der Waals surface area (Å²) in [5.74, 6) is 1.96. The van der Waals surface area contributed by atoms with Gasteiger partial charge < -0.3 is 14.8 Å². The van der Waals surface area contributed by atoms with Crippen LogP contribution >= 0.6 is 11.8 Å². The third-order valence-electron chi connectivity index (χ3n) is 4.98. The number of nitrogens with zero attached hydrogens (tertiary/aromatic N) is 2. The molecule has 0 saturated carbocycles. The fourth-order valence-corrected chi connectivity index (χ4v) is 4.12. The maximum absolute atomic E-state index is 12.7. The molecular formula is C23H21N3O3S. The van der Waals surface area contributed by atoms with Crippen molar-refractivity contribution in [3.8, 4) is 23.3 Å². The lowest BCUT2D eigenvalue weighted by Crippen LogP contribution is -2.18. The van der Waals surface area contributed by atoms with Gasteiger partial charge in [-0.15, -0.1) is 11.8 Å². The molecule has 6 nitrogen and oxygen atoms in total. The number of fused-ring (bicyclic) bond motifs is 1. The summed E-state index contributed by atoms with van der Waals surface area (Å²) in [6.07, 6.45) is 0. The third-order valence-corrected chi connectivity index (χ3v) is 5.97. The minimum atomic E-state index is -0.180. The second kappa shape index (κ2) is 8.56. The predicted molar refractivity (Wildman–Crippen MR) is 117 cm³/mol. The number of para-hydroxylation sites is 1. The number of nitriles is 1. The number of hydrogen-bond acceptors (Lipinski definition) is 5. The summed E-state index contributed by atoms with van der Waals surface area (Å²) in [6, 6.07) is 17.6. The van der Waals surface area contributed by atoms with Crippen LogP contribution in [0.3, 0.4) is 0 Å². The number of anilines is 1. The van der Waals surface area contributed by atoms with Crippen molar-refractivity contribution < 1.29 is 14.3 Å². The molecular weight excluding hydrogens is 398 g/mol. The molecule has 0 atom stereocenters. The molecule has 2 heterocycles. The molecule has 0 saturated heterocycles. The Morgan fingerprint density at radius 2 is 1.87 bits per heavy atom. The molecule has 1 N–H and O–H groups in total. The van der Waals surface area contributed by atoms with Crippen LogP contribution in [0.25, 0.3) is 5.69 Å². The van der Waals surface area contributed by atoms with Gasteiger partial charge in [-0.1, -0.05) is 18.2 Å². The van der Waals surface area contributed by atoms with Gasteiger partial charge in [-0.3, -0.25) is 9.36 Å². The molecule has 3 aromatic rings. The molecule has 1 amide bonds. The topological polar surface area (TPSA) is 76.3 Å². The summed E-state index contributed by atoms with van der Waals surface area (Å²) in [5, 5.41) is 12.6. The monoisotopic (exact) mass is 419 g/mol. The average molecular weight is 420 g/mol. The van der Waals surface area contributed by atoms with Gasteiger partial charge in [0.1, 0.15) is 25.1 Å². The number of carbonyl (C=O) groups excluding carboxylic acids is 1. The van der Waals surface area contributed by atoms with Crippen LogP contribution in [0.4, 0.5) is 5.82 Å². The van der Waals surface area contributed by atoms with Crippen molar-refractivity contribution in [3.63, 3.8) is 0 Å². The Labute approximate surface area is 179 Å². The zero-order chi connectivity index (χ0) is 21.1. The zero-order valence-corrected chi connectivity index (χ0v) is 17.6. The lowest BCUT2D eigenvalue weighted by molar-refractivity contribution is -0.113. The number of carbonyl (C=O) groups is 1. The summed E-state index contributed by atoms with van der Waals surface area (Å²) >= 11 is 1.41. The SMILES string of the molecule is Cc1c(C#N)c(NC(=O)CSc2ccc3c(c2)OCCO3)n(-c2ccccc2)c1C. The minimum absolute atomic E-state index is 0.180. The van der Waals surface area contributed by atoms with Gasteiger partial charge >= 0.3 is 0 Å². The minimum Gasteiger partial charge on any atom is -0.486 e. The Bertz CT molecular complexity index is 1130. The summed E-state index contributed by atoms with van der Waals surface area (Å²) in [5.41, 5.74) is 3.16. The number of rotatable bonds is 5. The molecule has 4 rings (SSSR count). The van der Waals surface area contributed by atoms with E-state index in [-0.39, 0.29) is 11.7 Å². The van der Waals surface area contributed by atoms with Crippen molar-refractivity contribution in [1.29, 1.82) is 5.26 Å². The Morgan fingerprint density at radius 1 is 1.13 bits per heavy atom. The lowest BCUT2D eigenvalue weighted by atomic mass is 10.2. The van der Waals surface area contributed by atoms with E-state index in [4.69, 9.17) is 9.47 Å². The van der Waals surface area contributed by atoms with Crippen LogP contribution in [-0.2, 0) is 4.79 Å². The third kappa shape index (κ3) is 3.87. The van der Waals surface area contributed by atoms with Crippen LogP contribution in [0.1, 0.15) is 16.8 Å². The van der Waals surface area contributed by atoms with E-state index in [0.29, 0.717) is 30.3 Å². The Hall–Kier alpha value is -3.37. The number of hydrogen-bond donors (Lipinski definition) is 1. The average Bonchev–Trinajstić information content (AvgIpc) is 3.01. The van der Waals surface area contributed by atoms with E-state index in [1.807, 2.05) is 66.9 Å². The molecule has 0 bridgehead atoms. The van der Waals surface area contributed by atoms with Gasteiger partial charge in [0.15, 0.2) is 11.5 Å². The molecule has 0 spiro atoms. The molecule has 1 aliphatic rings. The Balaban J connectivity index is 1.53. The van der Waals surface area contributed by atoms with Crippen LogP contribution in [0.2, 0.25) is 0 Å². The molecule has 152 valence electrons. The highest BCUT2D eigenvalue weighted by molar-refractivity contribution is 8.00. The number of benzene rings is 2. The van der Waals surface area contributed by atoms with Crippen LogP contribution < -0.4 is 14.8 Å². The molecule has 0 radical (unpaired) electrons. The normalized spacial score (nSPS) is 12.3. The smallest absolute Gasteiger partial charge is 0.235 e.